The van der Waals surface area contributed by atoms with Crippen LogP contribution in [0.1, 0.15) is 29.8 Å². The van der Waals surface area contributed by atoms with Gasteiger partial charge in [-0.3, -0.25) is 9.59 Å². The molecule has 2 amide bonds. The van der Waals surface area contributed by atoms with Gasteiger partial charge in [0.25, 0.3) is 5.91 Å². The molecular formula is C21H27FN4O2. The molecule has 28 heavy (non-hydrogen) atoms. The van der Waals surface area contributed by atoms with Crippen molar-refractivity contribution < 1.29 is 14.0 Å². The summed E-state index contributed by atoms with van der Waals surface area (Å²) in [5.74, 6) is -0.378. The molecule has 0 saturated carbocycles. The van der Waals surface area contributed by atoms with Gasteiger partial charge in [-0.05, 0) is 57.1 Å². The zero-order valence-electron chi connectivity index (χ0n) is 16.7. The molecule has 0 spiro atoms. The summed E-state index contributed by atoms with van der Waals surface area (Å²) in [5, 5.41) is 3.54. The van der Waals surface area contributed by atoms with Crippen molar-refractivity contribution >= 4 is 22.7 Å². The van der Waals surface area contributed by atoms with Crippen LogP contribution in [0, 0.1) is 11.2 Å². The van der Waals surface area contributed by atoms with Gasteiger partial charge in [0.2, 0.25) is 5.91 Å². The number of aryl methyl sites for hydroxylation is 1. The zero-order valence-corrected chi connectivity index (χ0v) is 16.7. The number of nitrogens with zero attached hydrogens (tertiary/aromatic N) is 3. The maximum Gasteiger partial charge on any atom is 0.270 e. The van der Waals surface area contributed by atoms with Crippen molar-refractivity contribution in [2.45, 2.75) is 25.3 Å². The molecule has 3 heterocycles. The fourth-order valence-corrected chi connectivity index (χ4v) is 5.07. The van der Waals surface area contributed by atoms with Gasteiger partial charge >= 0.3 is 0 Å². The summed E-state index contributed by atoms with van der Waals surface area (Å²) in [4.78, 5) is 30.5. The fourth-order valence-electron chi connectivity index (χ4n) is 5.07. The monoisotopic (exact) mass is 386 g/mol. The number of likely N-dealkylation sites (N-methyl/N-ethyl adjacent to an activating group) is 1. The molecule has 1 aromatic heterocycles. The zero-order chi connectivity index (χ0) is 20.1. The highest BCUT2D eigenvalue weighted by molar-refractivity contribution is 5.99. The number of amides is 2. The van der Waals surface area contributed by atoms with E-state index in [1.807, 2.05) is 23.6 Å². The van der Waals surface area contributed by atoms with E-state index in [0.29, 0.717) is 24.2 Å². The van der Waals surface area contributed by atoms with Gasteiger partial charge in [-0.1, -0.05) is 0 Å². The number of carbonyl (C=O) groups excluding carboxylic acids is 2. The number of fused-ring (bicyclic) bond motifs is 2. The summed E-state index contributed by atoms with van der Waals surface area (Å²) in [5.41, 5.74) is 0.813. The highest BCUT2D eigenvalue weighted by Crippen LogP contribution is 2.43. The summed E-state index contributed by atoms with van der Waals surface area (Å²) >= 11 is 0. The van der Waals surface area contributed by atoms with Crippen molar-refractivity contribution in [2.75, 3.05) is 33.7 Å². The molecule has 0 radical (unpaired) electrons. The molecule has 4 rings (SSSR count). The van der Waals surface area contributed by atoms with Crippen LogP contribution in [0.4, 0.5) is 4.39 Å². The van der Waals surface area contributed by atoms with Crippen LogP contribution < -0.4 is 5.32 Å². The molecule has 6 nitrogen and oxygen atoms in total. The standard InChI is InChI=1S/C21H27FN4O2/c1-23-20(28)21-7-4-9-26(18(21)13-24(2)10-8-21)19(27)17-12-14-11-15(22)5-6-16(14)25(17)3/h5-6,11-12,18H,4,7-10,13H2,1-3H3,(H,23,28)/t18-,21+/m0/s1. The van der Waals surface area contributed by atoms with Crippen LogP contribution in [0.2, 0.25) is 0 Å². The fraction of sp³-hybridized carbons (Fsp3) is 0.524. The molecule has 2 fully saturated rings. The summed E-state index contributed by atoms with van der Waals surface area (Å²) in [7, 11) is 5.53. The minimum absolute atomic E-state index is 0.0298. The number of likely N-dealkylation sites (tertiary alicyclic amines) is 2. The third kappa shape index (κ3) is 2.80. The maximum atomic E-state index is 13.6. The lowest BCUT2D eigenvalue weighted by atomic mass is 9.67. The third-order valence-electron chi connectivity index (χ3n) is 6.62. The second-order valence-corrected chi connectivity index (χ2v) is 8.16. The van der Waals surface area contributed by atoms with E-state index in [-0.39, 0.29) is 23.7 Å². The van der Waals surface area contributed by atoms with Crippen molar-refractivity contribution in [3.63, 3.8) is 0 Å². The van der Waals surface area contributed by atoms with Gasteiger partial charge in [-0.2, -0.15) is 0 Å². The van der Waals surface area contributed by atoms with Crippen molar-refractivity contribution in [3.8, 4) is 0 Å². The molecule has 2 aliphatic heterocycles. The molecule has 2 atom stereocenters. The van der Waals surface area contributed by atoms with E-state index >= 15 is 0 Å². The molecule has 0 aliphatic carbocycles. The van der Waals surface area contributed by atoms with Gasteiger partial charge in [0.1, 0.15) is 11.5 Å². The molecule has 2 aromatic rings. The highest BCUT2D eigenvalue weighted by atomic mass is 19.1. The Hall–Kier alpha value is -2.41. The Labute approximate surface area is 164 Å². The van der Waals surface area contributed by atoms with Crippen molar-refractivity contribution in [3.05, 3.63) is 35.8 Å². The summed E-state index contributed by atoms with van der Waals surface area (Å²) < 4.78 is 15.4. The number of halogens is 1. The van der Waals surface area contributed by atoms with Crippen LogP contribution in [0.5, 0.6) is 0 Å². The molecule has 2 saturated heterocycles. The predicted octanol–water partition coefficient (Wildman–Crippen LogP) is 1.99. The Bertz CT molecular complexity index is 940. The van der Waals surface area contributed by atoms with Gasteiger partial charge < -0.3 is 19.7 Å². The van der Waals surface area contributed by atoms with Gasteiger partial charge in [-0.25, -0.2) is 4.39 Å². The maximum absolute atomic E-state index is 13.6. The Morgan fingerprint density at radius 3 is 2.71 bits per heavy atom. The Kier molecular flexibility index (Phi) is 4.65. The molecule has 1 aromatic carbocycles. The van der Waals surface area contributed by atoms with E-state index in [0.717, 1.165) is 31.3 Å². The minimum Gasteiger partial charge on any atom is -0.359 e. The first kappa shape index (κ1) is 18.9. The lowest BCUT2D eigenvalue weighted by molar-refractivity contribution is -0.141. The predicted molar refractivity (Wildman–Crippen MR) is 106 cm³/mol. The molecule has 150 valence electrons. The second-order valence-electron chi connectivity index (χ2n) is 8.16. The summed E-state index contributed by atoms with van der Waals surface area (Å²) in [6, 6.07) is 6.14. The molecule has 0 bridgehead atoms. The lowest BCUT2D eigenvalue weighted by Crippen LogP contribution is -2.66. The average molecular weight is 386 g/mol. The largest absolute Gasteiger partial charge is 0.359 e. The first-order valence-electron chi connectivity index (χ1n) is 9.84. The van der Waals surface area contributed by atoms with Crippen molar-refractivity contribution in [1.82, 2.24) is 19.7 Å². The van der Waals surface area contributed by atoms with Gasteiger partial charge in [0.15, 0.2) is 0 Å². The van der Waals surface area contributed by atoms with Crippen LogP contribution in [-0.2, 0) is 11.8 Å². The number of hydrogen-bond acceptors (Lipinski definition) is 3. The minimum atomic E-state index is -0.536. The van der Waals surface area contributed by atoms with Crippen LogP contribution in [0.25, 0.3) is 10.9 Å². The second kappa shape index (κ2) is 6.88. The van der Waals surface area contributed by atoms with Crippen LogP contribution >= 0.6 is 0 Å². The average Bonchev–Trinajstić information content (AvgIpc) is 3.02. The first-order chi connectivity index (χ1) is 13.4. The van der Waals surface area contributed by atoms with Crippen LogP contribution in [0.3, 0.4) is 0 Å². The molecular weight excluding hydrogens is 359 g/mol. The topological polar surface area (TPSA) is 57.6 Å². The number of nitrogens with one attached hydrogen (secondary N) is 1. The quantitative estimate of drug-likeness (QED) is 0.859. The van der Waals surface area contributed by atoms with E-state index < -0.39 is 5.41 Å². The van der Waals surface area contributed by atoms with E-state index in [1.54, 1.807) is 19.2 Å². The van der Waals surface area contributed by atoms with E-state index in [4.69, 9.17) is 0 Å². The highest BCUT2D eigenvalue weighted by Gasteiger charge is 2.53. The summed E-state index contributed by atoms with van der Waals surface area (Å²) in [6.07, 6.45) is 2.35. The third-order valence-corrected chi connectivity index (χ3v) is 6.62. The normalized spacial score (nSPS) is 25.6. The van der Waals surface area contributed by atoms with E-state index in [9.17, 15) is 14.0 Å². The number of aromatic nitrogens is 1. The molecule has 1 N–H and O–H groups in total. The lowest BCUT2D eigenvalue weighted by Gasteiger charge is -2.53. The SMILES string of the molecule is CNC(=O)[C@@]12CCCN(C(=O)c3cc4cc(F)ccc4n3C)[C@H]1CN(C)CC2. The molecule has 0 unspecified atom stereocenters. The van der Waals surface area contributed by atoms with E-state index in [1.165, 1.54) is 12.1 Å². The van der Waals surface area contributed by atoms with Crippen LogP contribution in [-0.4, -0.2) is 66.0 Å². The first-order valence-corrected chi connectivity index (χ1v) is 9.84. The molecule has 2 aliphatic rings. The number of piperidine rings is 2. The number of carbonyl (C=O) groups is 2. The van der Waals surface area contributed by atoms with Gasteiger partial charge in [0, 0.05) is 38.1 Å². The Balaban J connectivity index is 1.74. The number of hydrogen-bond donors (Lipinski definition) is 1. The summed E-state index contributed by atoms with van der Waals surface area (Å²) in [6.45, 7) is 2.16. The van der Waals surface area contributed by atoms with Crippen molar-refractivity contribution in [1.29, 1.82) is 0 Å². The van der Waals surface area contributed by atoms with Crippen LogP contribution in [0.15, 0.2) is 24.3 Å². The van der Waals surface area contributed by atoms with E-state index in [2.05, 4.69) is 10.2 Å². The number of rotatable bonds is 2. The Morgan fingerprint density at radius 1 is 1.18 bits per heavy atom. The van der Waals surface area contributed by atoms with Gasteiger partial charge in [0.05, 0.1) is 11.5 Å². The molecule has 7 heteroatoms. The number of benzene rings is 1. The smallest absolute Gasteiger partial charge is 0.270 e. The van der Waals surface area contributed by atoms with Crippen molar-refractivity contribution in [2.24, 2.45) is 12.5 Å². The van der Waals surface area contributed by atoms with Gasteiger partial charge in [-0.15, -0.1) is 0 Å². The Morgan fingerprint density at radius 2 is 1.96 bits per heavy atom.